The van der Waals surface area contributed by atoms with E-state index < -0.39 is 0 Å². The lowest BCUT2D eigenvalue weighted by molar-refractivity contribution is 0.223. The summed E-state index contributed by atoms with van der Waals surface area (Å²) >= 11 is 0. The van der Waals surface area contributed by atoms with Crippen molar-refractivity contribution in [2.75, 3.05) is 26.2 Å². The van der Waals surface area contributed by atoms with Crippen LogP contribution in [0.25, 0.3) is 0 Å². The van der Waals surface area contributed by atoms with Crippen LogP contribution in [0.4, 0.5) is 0 Å². The molecule has 0 spiro atoms. The lowest BCUT2D eigenvalue weighted by Crippen LogP contribution is -2.40. The number of nitrogens with one attached hydrogen (secondary N) is 1. The standard InChI is InChI=1S/C15H30N2/c1-3-15(4-2)9-11-17(13-15)12-14-8-6-5-7-10-16-14/h14,16H,3-13H2,1-2H3. The van der Waals surface area contributed by atoms with Crippen LogP contribution in [0.3, 0.4) is 0 Å². The minimum absolute atomic E-state index is 0.644. The highest BCUT2D eigenvalue weighted by Crippen LogP contribution is 2.37. The predicted octanol–water partition coefficient (Wildman–Crippen LogP) is 3.03. The molecule has 2 heterocycles. The van der Waals surface area contributed by atoms with Crippen LogP contribution in [0, 0.1) is 5.41 Å². The lowest BCUT2D eigenvalue weighted by Gasteiger charge is -2.28. The Hall–Kier alpha value is -0.0800. The Morgan fingerprint density at radius 1 is 1.18 bits per heavy atom. The molecule has 0 aromatic carbocycles. The van der Waals surface area contributed by atoms with E-state index in [0.717, 1.165) is 6.04 Å². The Morgan fingerprint density at radius 3 is 2.71 bits per heavy atom. The zero-order valence-corrected chi connectivity index (χ0v) is 11.8. The molecule has 1 atom stereocenters. The number of likely N-dealkylation sites (tertiary alicyclic amines) is 1. The van der Waals surface area contributed by atoms with E-state index in [1.807, 2.05) is 0 Å². The van der Waals surface area contributed by atoms with Crippen molar-refractivity contribution in [3.8, 4) is 0 Å². The van der Waals surface area contributed by atoms with E-state index >= 15 is 0 Å². The molecule has 2 saturated heterocycles. The molecule has 0 amide bonds. The lowest BCUT2D eigenvalue weighted by atomic mass is 9.82. The molecule has 0 radical (unpaired) electrons. The maximum Gasteiger partial charge on any atom is 0.0195 e. The summed E-state index contributed by atoms with van der Waals surface area (Å²) in [6.45, 7) is 9.96. The molecule has 2 fully saturated rings. The first-order valence-corrected chi connectivity index (χ1v) is 7.74. The topological polar surface area (TPSA) is 15.3 Å². The molecule has 0 bridgehead atoms. The Kier molecular flexibility index (Phi) is 4.87. The van der Waals surface area contributed by atoms with Crippen LogP contribution in [0.1, 0.15) is 58.8 Å². The molecule has 17 heavy (non-hydrogen) atoms. The summed E-state index contributed by atoms with van der Waals surface area (Å²) in [6.07, 6.45) is 9.77. The zero-order valence-electron chi connectivity index (χ0n) is 11.8. The fourth-order valence-corrected chi connectivity index (χ4v) is 3.58. The summed E-state index contributed by atoms with van der Waals surface area (Å²) < 4.78 is 0. The Labute approximate surface area is 107 Å². The van der Waals surface area contributed by atoms with Gasteiger partial charge in [-0.25, -0.2) is 0 Å². The van der Waals surface area contributed by atoms with Gasteiger partial charge >= 0.3 is 0 Å². The van der Waals surface area contributed by atoms with Crippen LogP contribution in [0.5, 0.6) is 0 Å². The highest BCUT2D eigenvalue weighted by atomic mass is 15.2. The smallest absolute Gasteiger partial charge is 0.0195 e. The summed E-state index contributed by atoms with van der Waals surface area (Å²) in [7, 11) is 0. The van der Waals surface area contributed by atoms with Gasteiger partial charge in [-0.2, -0.15) is 0 Å². The second kappa shape index (κ2) is 6.19. The molecular formula is C15H30N2. The fourth-order valence-electron chi connectivity index (χ4n) is 3.58. The minimum atomic E-state index is 0.644. The van der Waals surface area contributed by atoms with Crippen molar-refractivity contribution < 1.29 is 0 Å². The van der Waals surface area contributed by atoms with E-state index in [1.165, 1.54) is 71.1 Å². The van der Waals surface area contributed by atoms with Crippen LogP contribution in [-0.2, 0) is 0 Å². The Balaban J connectivity index is 1.80. The number of hydrogen-bond acceptors (Lipinski definition) is 2. The van der Waals surface area contributed by atoms with Crippen LogP contribution < -0.4 is 5.32 Å². The zero-order chi connectivity index (χ0) is 12.1. The highest BCUT2D eigenvalue weighted by Gasteiger charge is 2.35. The van der Waals surface area contributed by atoms with Crippen molar-refractivity contribution in [1.82, 2.24) is 10.2 Å². The van der Waals surface area contributed by atoms with Gasteiger partial charge in [-0.05, 0) is 50.6 Å². The minimum Gasteiger partial charge on any atom is -0.313 e. The first kappa shape index (κ1) is 13.4. The van der Waals surface area contributed by atoms with Gasteiger partial charge in [0.2, 0.25) is 0 Å². The molecule has 2 heteroatoms. The molecule has 2 aliphatic rings. The first-order chi connectivity index (χ1) is 8.28. The third-order valence-corrected chi connectivity index (χ3v) is 5.16. The Morgan fingerprint density at radius 2 is 2.00 bits per heavy atom. The molecule has 100 valence electrons. The number of rotatable bonds is 4. The monoisotopic (exact) mass is 238 g/mol. The van der Waals surface area contributed by atoms with Gasteiger partial charge in [0.15, 0.2) is 0 Å². The van der Waals surface area contributed by atoms with Crippen molar-refractivity contribution in [3.05, 3.63) is 0 Å². The maximum atomic E-state index is 3.73. The summed E-state index contributed by atoms with van der Waals surface area (Å²) in [5.41, 5.74) is 0.644. The summed E-state index contributed by atoms with van der Waals surface area (Å²) in [4.78, 5) is 2.72. The SMILES string of the molecule is CCC1(CC)CCN(CC2CCCCCN2)C1. The summed E-state index contributed by atoms with van der Waals surface area (Å²) in [5, 5.41) is 3.73. The van der Waals surface area contributed by atoms with Crippen molar-refractivity contribution in [1.29, 1.82) is 0 Å². The normalized spacial score (nSPS) is 30.4. The van der Waals surface area contributed by atoms with Gasteiger partial charge in [0.05, 0.1) is 0 Å². The van der Waals surface area contributed by atoms with E-state index in [4.69, 9.17) is 0 Å². The van der Waals surface area contributed by atoms with E-state index in [-0.39, 0.29) is 0 Å². The maximum absolute atomic E-state index is 3.73. The average Bonchev–Trinajstić information content (AvgIpc) is 2.59. The number of hydrogen-bond donors (Lipinski definition) is 1. The molecular weight excluding hydrogens is 208 g/mol. The van der Waals surface area contributed by atoms with Crippen LogP contribution in [0.2, 0.25) is 0 Å². The molecule has 0 aliphatic carbocycles. The molecule has 2 nitrogen and oxygen atoms in total. The quantitative estimate of drug-likeness (QED) is 0.810. The highest BCUT2D eigenvalue weighted by molar-refractivity contribution is 4.89. The van der Waals surface area contributed by atoms with Crippen molar-refractivity contribution in [2.24, 2.45) is 5.41 Å². The van der Waals surface area contributed by atoms with Gasteiger partial charge in [-0.3, -0.25) is 0 Å². The fraction of sp³-hybridized carbons (Fsp3) is 1.00. The average molecular weight is 238 g/mol. The second-order valence-electron chi connectivity index (χ2n) is 6.19. The van der Waals surface area contributed by atoms with E-state index in [0.29, 0.717) is 5.41 Å². The third-order valence-electron chi connectivity index (χ3n) is 5.16. The number of nitrogens with zero attached hydrogens (tertiary/aromatic N) is 1. The van der Waals surface area contributed by atoms with Gasteiger partial charge in [-0.15, -0.1) is 0 Å². The summed E-state index contributed by atoms with van der Waals surface area (Å²) in [5.74, 6) is 0. The van der Waals surface area contributed by atoms with Crippen LogP contribution in [-0.4, -0.2) is 37.1 Å². The molecule has 0 aromatic rings. The van der Waals surface area contributed by atoms with Gasteiger partial charge in [0.25, 0.3) is 0 Å². The predicted molar refractivity (Wildman–Crippen MR) is 74.3 cm³/mol. The largest absolute Gasteiger partial charge is 0.313 e. The van der Waals surface area contributed by atoms with E-state index in [1.54, 1.807) is 0 Å². The van der Waals surface area contributed by atoms with Crippen LogP contribution >= 0.6 is 0 Å². The van der Waals surface area contributed by atoms with Crippen LogP contribution in [0.15, 0.2) is 0 Å². The van der Waals surface area contributed by atoms with E-state index in [2.05, 4.69) is 24.1 Å². The molecule has 0 saturated carbocycles. The van der Waals surface area contributed by atoms with Gasteiger partial charge in [0.1, 0.15) is 0 Å². The first-order valence-electron chi connectivity index (χ1n) is 7.74. The summed E-state index contributed by atoms with van der Waals surface area (Å²) in [6, 6.07) is 0.766. The molecule has 2 rings (SSSR count). The molecule has 2 aliphatic heterocycles. The third kappa shape index (κ3) is 3.45. The molecule has 1 unspecified atom stereocenters. The van der Waals surface area contributed by atoms with Crippen molar-refractivity contribution in [3.63, 3.8) is 0 Å². The Bertz CT molecular complexity index is 215. The molecule has 1 N–H and O–H groups in total. The molecule has 0 aromatic heterocycles. The van der Waals surface area contributed by atoms with Gasteiger partial charge in [0, 0.05) is 19.1 Å². The van der Waals surface area contributed by atoms with Crippen molar-refractivity contribution in [2.45, 2.75) is 64.8 Å². The van der Waals surface area contributed by atoms with E-state index in [9.17, 15) is 0 Å². The van der Waals surface area contributed by atoms with Gasteiger partial charge < -0.3 is 10.2 Å². The second-order valence-corrected chi connectivity index (χ2v) is 6.19. The van der Waals surface area contributed by atoms with Gasteiger partial charge in [-0.1, -0.05) is 26.7 Å². The van der Waals surface area contributed by atoms with Crippen molar-refractivity contribution >= 4 is 0 Å².